The van der Waals surface area contributed by atoms with Crippen LogP contribution in [-0.4, -0.2) is 31.8 Å². The number of anilines is 1. The van der Waals surface area contributed by atoms with E-state index in [0.29, 0.717) is 16.8 Å². The van der Waals surface area contributed by atoms with Crippen LogP contribution in [0.4, 0.5) is 5.82 Å². The van der Waals surface area contributed by atoms with Gasteiger partial charge in [0.25, 0.3) is 0 Å². The molecule has 1 aliphatic rings. The van der Waals surface area contributed by atoms with Crippen LogP contribution in [0.1, 0.15) is 12.0 Å². The number of aromatic nitrogens is 1. The molecule has 1 fully saturated rings. The predicted octanol–water partition coefficient (Wildman–Crippen LogP) is 2.95. The standard InChI is InChI=1S/C12H16Cl2N2O/c1-17-8-9-2-3-16(7-9)12-4-10(5-13)11(14)6-15-12/h4,6,9H,2-3,5,7-8H2,1H3. The van der Waals surface area contributed by atoms with E-state index >= 15 is 0 Å². The van der Waals surface area contributed by atoms with Gasteiger partial charge in [0.2, 0.25) is 0 Å². The zero-order valence-corrected chi connectivity index (χ0v) is 11.3. The molecule has 1 unspecified atom stereocenters. The molecule has 1 atom stereocenters. The van der Waals surface area contributed by atoms with Gasteiger partial charge < -0.3 is 9.64 Å². The average Bonchev–Trinajstić information content (AvgIpc) is 2.79. The highest BCUT2D eigenvalue weighted by Gasteiger charge is 2.23. The summed E-state index contributed by atoms with van der Waals surface area (Å²) in [7, 11) is 1.74. The highest BCUT2D eigenvalue weighted by molar-refractivity contribution is 6.32. The Bertz CT molecular complexity index is 387. The summed E-state index contributed by atoms with van der Waals surface area (Å²) in [5.41, 5.74) is 0.938. The molecule has 0 spiro atoms. The number of hydrogen-bond acceptors (Lipinski definition) is 3. The lowest BCUT2D eigenvalue weighted by Crippen LogP contribution is -2.22. The van der Waals surface area contributed by atoms with Crippen molar-refractivity contribution in [2.75, 3.05) is 31.7 Å². The van der Waals surface area contributed by atoms with Crippen molar-refractivity contribution in [2.24, 2.45) is 5.92 Å². The molecule has 2 heterocycles. The Morgan fingerprint density at radius 3 is 3.12 bits per heavy atom. The Labute approximate surface area is 112 Å². The number of halogens is 2. The predicted molar refractivity (Wildman–Crippen MR) is 71.0 cm³/mol. The molecular formula is C12H16Cl2N2O. The van der Waals surface area contributed by atoms with E-state index in [0.717, 1.165) is 37.5 Å². The van der Waals surface area contributed by atoms with Crippen molar-refractivity contribution in [3.05, 3.63) is 22.8 Å². The molecule has 2 rings (SSSR count). The minimum atomic E-state index is 0.420. The fourth-order valence-electron chi connectivity index (χ4n) is 2.16. The van der Waals surface area contributed by atoms with Crippen LogP contribution in [0, 0.1) is 5.92 Å². The Morgan fingerprint density at radius 2 is 2.41 bits per heavy atom. The summed E-state index contributed by atoms with van der Waals surface area (Å²) in [6, 6.07) is 1.98. The van der Waals surface area contributed by atoms with Crippen molar-refractivity contribution >= 4 is 29.0 Å². The number of ether oxygens (including phenoxy) is 1. The van der Waals surface area contributed by atoms with Crippen molar-refractivity contribution in [3.63, 3.8) is 0 Å². The second kappa shape index (κ2) is 5.89. The van der Waals surface area contributed by atoms with E-state index in [-0.39, 0.29) is 0 Å². The van der Waals surface area contributed by atoms with Gasteiger partial charge in [0, 0.05) is 38.2 Å². The Morgan fingerprint density at radius 1 is 1.59 bits per heavy atom. The zero-order valence-electron chi connectivity index (χ0n) is 9.83. The Kier molecular flexibility index (Phi) is 4.48. The lowest BCUT2D eigenvalue weighted by atomic mass is 10.1. The second-order valence-electron chi connectivity index (χ2n) is 4.32. The molecule has 0 radical (unpaired) electrons. The van der Waals surface area contributed by atoms with Crippen molar-refractivity contribution in [1.29, 1.82) is 0 Å². The number of nitrogens with zero attached hydrogens (tertiary/aromatic N) is 2. The van der Waals surface area contributed by atoms with Gasteiger partial charge in [0.05, 0.1) is 11.6 Å². The third kappa shape index (κ3) is 3.03. The molecule has 1 saturated heterocycles. The fraction of sp³-hybridized carbons (Fsp3) is 0.583. The normalized spacial score (nSPS) is 19.9. The smallest absolute Gasteiger partial charge is 0.128 e. The van der Waals surface area contributed by atoms with Crippen molar-refractivity contribution in [1.82, 2.24) is 4.98 Å². The molecule has 0 aliphatic carbocycles. The summed E-state index contributed by atoms with van der Waals surface area (Å²) in [5.74, 6) is 1.98. The summed E-state index contributed by atoms with van der Waals surface area (Å²) in [6.45, 7) is 2.82. The molecule has 0 aromatic carbocycles. The molecule has 17 heavy (non-hydrogen) atoms. The van der Waals surface area contributed by atoms with Crippen LogP contribution < -0.4 is 4.90 Å². The van der Waals surface area contributed by atoms with E-state index in [1.165, 1.54) is 0 Å². The lowest BCUT2D eigenvalue weighted by molar-refractivity contribution is 0.161. The molecule has 94 valence electrons. The van der Waals surface area contributed by atoms with Gasteiger partial charge in [-0.3, -0.25) is 0 Å². The maximum Gasteiger partial charge on any atom is 0.128 e. The Balaban J connectivity index is 2.08. The van der Waals surface area contributed by atoms with Gasteiger partial charge in [-0.15, -0.1) is 11.6 Å². The first-order chi connectivity index (χ1) is 8.24. The largest absolute Gasteiger partial charge is 0.384 e. The first-order valence-electron chi connectivity index (χ1n) is 5.69. The molecule has 0 bridgehead atoms. The molecule has 0 N–H and O–H groups in total. The van der Waals surface area contributed by atoms with Gasteiger partial charge in [0.1, 0.15) is 5.82 Å². The average molecular weight is 275 g/mol. The van der Waals surface area contributed by atoms with Crippen LogP contribution in [-0.2, 0) is 10.6 Å². The maximum atomic E-state index is 6.00. The first kappa shape index (κ1) is 12.9. The van der Waals surface area contributed by atoms with Crippen LogP contribution in [0.15, 0.2) is 12.3 Å². The Hall–Kier alpha value is -0.510. The minimum Gasteiger partial charge on any atom is -0.384 e. The van der Waals surface area contributed by atoms with E-state index in [1.54, 1.807) is 13.3 Å². The van der Waals surface area contributed by atoms with Crippen LogP contribution in [0.2, 0.25) is 5.02 Å². The van der Waals surface area contributed by atoms with E-state index in [9.17, 15) is 0 Å². The monoisotopic (exact) mass is 274 g/mol. The van der Waals surface area contributed by atoms with Gasteiger partial charge in [-0.05, 0) is 18.1 Å². The van der Waals surface area contributed by atoms with Gasteiger partial charge in [0.15, 0.2) is 0 Å². The number of methoxy groups -OCH3 is 1. The number of hydrogen-bond donors (Lipinski definition) is 0. The summed E-state index contributed by atoms with van der Waals surface area (Å²) in [4.78, 5) is 6.62. The van der Waals surface area contributed by atoms with Crippen LogP contribution >= 0.6 is 23.2 Å². The minimum absolute atomic E-state index is 0.420. The molecule has 1 aromatic heterocycles. The third-order valence-corrected chi connectivity index (χ3v) is 3.70. The molecule has 5 heteroatoms. The molecular weight excluding hydrogens is 259 g/mol. The summed E-state index contributed by atoms with van der Waals surface area (Å²) in [6.07, 6.45) is 2.83. The van der Waals surface area contributed by atoms with Crippen molar-refractivity contribution in [3.8, 4) is 0 Å². The van der Waals surface area contributed by atoms with E-state index < -0.39 is 0 Å². The zero-order chi connectivity index (χ0) is 12.3. The van der Waals surface area contributed by atoms with E-state index in [2.05, 4.69) is 9.88 Å². The highest BCUT2D eigenvalue weighted by atomic mass is 35.5. The molecule has 1 aromatic rings. The van der Waals surface area contributed by atoms with Gasteiger partial charge in [-0.25, -0.2) is 4.98 Å². The molecule has 3 nitrogen and oxygen atoms in total. The number of pyridine rings is 1. The summed E-state index contributed by atoms with van der Waals surface area (Å²) in [5, 5.41) is 0.636. The van der Waals surface area contributed by atoms with Crippen LogP contribution in [0.3, 0.4) is 0 Å². The second-order valence-corrected chi connectivity index (χ2v) is 5.00. The van der Waals surface area contributed by atoms with E-state index in [1.807, 2.05) is 6.07 Å². The quantitative estimate of drug-likeness (QED) is 0.790. The van der Waals surface area contributed by atoms with Crippen LogP contribution in [0.5, 0.6) is 0 Å². The van der Waals surface area contributed by atoms with Gasteiger partial charge in [-0.2, -0.15) is 0 Å². The first-order valence-corrected chi connectivity index (χ1v) is 6.60. The fourth-order valence-corrected chi connectivity index (χ4v) is 2.62. The maximum absolute atomic E-state index is 6.00. The number of rotatable bonds is 4. The molecule has 1 aliphatic heterocycles. The topological polar surface area (TPSA) is 25.4 Å². The highest BCUT2D eigenvalue weighted by Crippen LogP contribution is 2.26. The van der Waals surface area contributed by atoms with Crippen molar-refractivity contribution in [2.45, 2.75) is 12.3 Å². The lowest BCUT2D eigenvalue weighted by Gasteiger charge is -2.18. The molecule has 0 amide bonds. The van der Waals surface area contributed by atoms with E-state index in [4.69, 9.17) is 27.9 Å². The summed E-state index contributed by atoms with van der Waals surface area (Å²) < 4.78 is 5.18. The van der Waals surface area contributed by atoms with Crippen LogP contribution in [0.25, 0.3) is 0 Å². The van der Waals surface area contributed by atoms with Gasteiger partial charge in [-0.1, -0.05) is 11.6 Å². The van der Waals surface area contributed by atoms with Crippen molar-refractivity contribution < 1.29 is 4.74 Å². The van der Waals surface area contributed by atoms with Gasteiger partial charge >= 0.3 is 0 Å². The SMILES string of the molecule is COCC1CCN(c2cc(CCl)c(Cl)cn2)C1. The summed E-state index contributed by atoms with van der Waals surface area (Å²) >= 11 is 11.8. The third-order valence-electron chi connectivity index (χ3n) is 3.08. The molecule has 0 saturated carbocycles. The number of alkyl halides is 1.